The largest absolute Gasteiger partial charge is 0.417 e. The fraction of sp³-hybridized carbons (Fsp3) is 0.154. The first-order chi connectivity index (χ1) is 10.3. The zero-order valence-corrected chi connectivity index (χ0v) is 12.5. The number of rotatable bonds is 2. The van der Waals surface area contributed by atoms with Crippen LogP contribution in [0.3, 0.4) is 0 Å². The Morgan fingerprint density at radius 3 is 2.64 bits per heavy atom. The van der Waals surface area contributed by atoms with Crippen molar-refractivity contribution in [2.24, 2.45) is 0 Å². The lowest BCUT2D eigenvalue weighted by atomic mass is 10.0. The first-order valence-electron chi connectivity index (χ1n) is 5.73. The minimum Gasteiger partial charge on any atom is -0.300 e. The van der Waals surface area contributed by atoms with Gasteiger partial charge in [0.25, 0.3) is 5.56 Å². The van der Waals surface area contributed by atoms with Crippen molar-refractivity contribution in [1.29, 1.82) is 5.26 Å². The maximum atomic E-state index is 12.9. The Hall–Kier alpha value is -1.98. The van der Waals surface area contributed by atoms with Crippen LogP contribution in [0.1, 0.15) is 11.1 Å². The summed E-state index contributed by atoms with van der Waals surface area (Å²) in [5.74, 6) is 0. The highest BCUT2D eigenvalue weighted by Crippen LogP contribution is 2.37. The van der Waals surface area contributed by atoms with Gasteiger partial charge in [0.05, 0.1) is 16.3 Å². The highest BCUT2D eigenvalue weighted by Gasteiger charge is 2.33. The van der Waals surface area contributed by atoms with Gasteiger partial charge in [-0.2, -0.15) is 18.4 Å². The Bertz CT molecular complexity index is 827. The van der Waals surface area contributed by atoms with Gasteiger partial charge in [-0.1, -0.05) is 29.4 Å². The molecule has 1 N–H and O–H groups in total. The third kappa shape index (κ3) is 3.10. The molecule has 0 amide bonds. The van der Waals surface area contributed by atoms with Gasteiger partial charge in [0, 0.05) is 5.56 Å². The average molecular weight is 346 g/mol. The Balaban J connectivity index is 2.75. The molecule has 0 radical (unpaired) electrons. The number of aromatic amines is 1. The molecule has 0 saturated heterocycles. The molecule has 0 aliphatic rings. The summed E-state index contributed by atoms with van der Waals surface area (Å²) in [4.78, 5) is 18.2. The molecule has 2 aromatic rings. The number of benzene rings is 1. The number of nitrogens with one attached hydrogen (secondary N) is 1. The van der Waals surface area contributed by atoms with E-state index in [1.54, 1.807) is 12.3 Å². The molecule has 0 aliphatic carbocycles. The predicted molar refractivity (Wildman–Crippen MR) is 76.8 cm³/mol. The van der Waals surface area contributed by atoms with Gasteiger partial charge in [0.1, 0.15) is 11.6 Å². The van der Waals surface area contributed by atoms with Crippen LogP contribution in [-0.4, -0.2) is 16.2 Å². The third-order valence-corrected chi connectivity index (χ3v) is 3.66. The molecule has 114 valence electrons. The van der Waals surface area contributed by atoms with Crippen LogP contribution in [0.5, 0.6) is 0 Å². The van der Waals surface area contributed by atoms with E-state index < -0.39 is 22.3 Å². The summed E-state index contributed by atoms with van der Waals surface area (Å²) >= 11 is 6.65. The van der Waals surface area contributed by atoms with Crippen LogP contribution < -0.4 is 5.56 Å². The molecule has 2 rings (SSSR count). The van der Waals surface area contributed by atoms with Crippen LogP contribution >= 0.6 is 23.4 Å². The number of H-pyrrole nitrogens is 1. The smallest absolute Gasteiger partial charge is 0.300 e. The molecule has 4 nitrogen and oxygen atoms in total. The minimum absolute atomic E-state index is 0.00493. The molecular weight excluding hydrogens is 339 g/mol. The van der Waals surface area contributed by atoms with Crippen LogP contribution in [-0.2, 0) is 6.18 Å². The Labute approximate surface area is 131 Å². The Kier molecular flexibility index (Phi) is 4.49. The maximum absolute atomic E-state index is 12.9. The second-order valence-electron chi connectivity index (χ2n) is 4.10. The number of hydrogen-bond donors (Lipinski definition) is 1. The van der Waals surface area contributed by atoms with Crippen molar-refractivity contribution >= 4 is 23.4 Å². The highest BCUT2D eigenvalue weighted by atomic mass is 35.5. The Morgan fingerprint density at radius 2 is 2.09 bits per heavy atom. The molecule has 1 aromatic carbocycles. The Morgan fingerprint density at radius 1 is 1.41 bits per heavy atom. The van der Waals surface area contributed by atoms with E-state index in [2.05, 4.69) is 9.97 Å². The lowest BCUT2D eigenvalue weighted by molar-refractivity contribution is -0.137. The lowest BCUT2D eigenvalue weighted by Crippen LogP contribution is -2.15. The van der Waals surface area contributed by atoms with Crippen LogP contribution in [0.25, 0.3) is 11.3 Å². The standard InChI is InChI=1S/C13H7ClF3N3OS/c1-22-12-19-10(7(5-18)11(21)20-12)6-2-3-9(14)8(4-6)13(15,16)17/h2-4H,1H3,(H,19,20,21). The highest BCUT2D eigenvalue weighted by molar-refractivity contribution is 7.98. The SMILES string of the molecule is CSc1nc(-c2ccc(Cl)c(C(F)(F)F)c2)c(C#N)c(=O)[nH]1. The van der Waals surface area contributed by atoms with Crippen LogP contribution in [0.2, 0.25) is 5.02 Å². The fourth-order valence-electron chi connectivity index (χ4n) is 1.75. The van der Waals surface area contributed by atoms with Crippen molar-refractivity contribution in [2.45, 2.75) is 11.3 Å². The van der Waals surface area contributed by atoms with Gasteiger partial charge in [0.15, 0.2) is 5.16 Å². The van der Waals surface area contributed by atoms with Crippen molar-refractivity contribution in [2.75, 3.05) is 6.26 Å². The van der Waals surface area contributed by atoms with Crippen LogP contribution in [0, 0.1) is 11.3 Å². The van der Waals surface area contributed by atoms with Crippen molar-refractivity contribution in [3.63, 3.8) is 0 Å². The normalized spacial score (nSPS) is 11.3. The van der Waals surface area contributed by atoms with E-state index >= 15 is 0 Å². The van der Waals surface area contributed by atoms with Crippen molar-refractivity contribution in [3.05, 3.63) is 44.7 Å². The lowest BCUT2D eigenvalue weighted by Gasteiger charge is -2.11. The van der Waals surface area contributed by atoms with Gasteiger partial charge in [-0.05, 0) is 18.4 Å². The number of aromatic nitrogens is 2. The van der Waals surface area contributed by atoms with E-state index in [-0.39, 0.29) is 22.0 Å². The first-order valence-corrected chi connectivity index (χ1v) is 7.33. The molecule has 0 atom stereocenters. The van der Waals surface area contributed by atoms with Gasteiger partial charge in [-0.25, -0.2) is 4.98 Å². The number of halogens is 4. The molecule has 0 fully saturated rings. The van der Waals surface area contributed by atoms with E-state index in [1.807, 2.05) is 0 Å². The van der Waals surface area contributed by atoms with Gasteiger partial charge in [-0.3, -0.25) is 4.79 Å². The molecule has 9 heteroatoms. The summed E-state index contributed by atoms with van der Waals surface area (Å²) in [5.41, 5.74) is -2.23. The summed E-state index contributed by atoms with van der Waals surface area (Å²) in [6.07, 6.45) is -3.01. The third-order valence-electron chi connectivity index (χ3n) is 2.75. The molecule has 0 saturated carbocycles. The van der Waals surface area contributed by atoms with E-state index in [4.69, 9.17) is 16.9 Å². The molecule has 0 aliphatic heterocycles. The molecule has 0 spiro atoms. The number of alkyl halides is 3. The molecule has 0 bridgehead atoms. The number of nitrogens with zero attached hydrogens (tertiary/aromatic N) is 2. The fourth-order valence-corrected chi connectivity index (χ4v) is 2.35. The molecule has 0 unspecified atom stereocenters. The van der Waals surface area contributed by atoms with Gasteiger partial charge in [0.2, 0.25) is 0 Å². The second-order valence-corrected chi connectivity index (χ2v) is 5.31. The molecule has 22 heavy (non-hydrogen) atoms. The summed E-state index contributed by atoms with van der Waals surface area (Å²) in [6.45, 7) is 0. The van der Waals surface area contributed by atoms with Crippen molar-refractivity contribution < 1.29 is 13.2 Å². The van der Waals surface area contributed by atoms with Gasteiger partial charge >= 0.3 is 6.18 Å². The topological polar surface area (TPSA) is 69.5 Å². The van der Waals surface area contributed by atoms with Gasteiger partial charge < -0.3 is 4.98 Å². The molecule has 1 heterocycles. The van der Waals surface area contributed by atoms with E-state index in [0.29, 0.717) is 0 Å². The number of nitriles is 1. The van der Waals surface area contributed by atoms with Gasteiger partial charge in [-0.15, -0.1) is 0 Å². The zero-order valence-electron chi connectivity index (χ0n) is 11.0. The summed E-state index contributed by atoms with van der Waals surface area (Å²) in [6, 6.07) is 4.77. The summed E-state index contributed by atoms with van der Waals surface area (Å²) < 4.78 is 38.7. The van der Waals surface area contributed by atoms with E-state index in [1.165, 1.54) is 6.07 Å². The number of hydrogen-bond acceptors (Lipinski definition) is 4. The summed E-state index contributed by atoms with van der Waals surface area (Å²) in [7, 11) is 0. The van der Waals surface area contributed by atoms with Crippen molar-refractivity contribution in [3.8, 4) is 17.3 Å². The van der Waals surface area contributed by atoms with Crippen LogP contribution in [0.15, 0.2) is 28.2 Å². The van der Waals surface area contributed by atoms with E-state index in [9.17, 15) is 18.0 Å². The summed E-state index contributed by atoms with van der Waals surface area (Å²) in [5, 5.41) is 8.77. The second kappa shape index (κ2) is 6.02. The molecular formula is C13H7ClF3N3OS. The van der Waals surface area contributed by atoms with Crippen LogP contribution in [0.4, 0.5) is 13.2 Å². The predicted octanol–water partition coefficient (Wildman–Crippen LogP) is 3.70. The maximum Gasteiger partial charge on any atom is 0.417 e. The number of thioether (sulfide) groups is 1. The minimum atomic E-state index is -4.65. The first kappa shape index (κ1) is 16.4. The quantitative estimate of drug-likeness (QED) is 0.665. The van der Waals surface area contributed by atoms with Crippen molar-refractivity contribution in [1.82, 2.24) is 9.97 Å². The molecule has 1 aromatic heterocycles. The monoisotopic (exact) mass is 345 g/mol. The average Bonchev–Trinajstić information content (AvgIpc) is 2.45. The van der Waals surface area contributed by atoms with E-state index in [0.717, 1.165) is 23.9 Å². The zero-order chi connectivity index (χ0) is 16.5.